The second kappa shape index (κ2) is 9.07. The number of likely N-dealkylation sites (tertiary alicyclic amines) is 1. The average Bonchev–Trinajstić information content (AvgIpc) is 2.75. The highest BCUT2D eigenvalue weighted by molar-refractivity contribution is 6.30. The summed E-state index contributed by atoms with van der Waals surface area (Å²) in [7, 11) is 0. The Hall–Kier alpha value is -2.22. The topological polar surface area (TPSA) is 84.6 Å². The number of hydrogen-bond acceptors (Lipinski definition) is 6. The molecule has 1 aromatic carbocycles. The monoisotopic (exact) mass is 415 g/mol. The summed E-state index contributed by atoms with van der Waals surface area (Å²) in [6, 6.07) is 7.64. The Kier molecular flexibility index (Phi) is 6.28. The number of aromatic nitrogens is 2. The molecule has 7 nitrogen and oxygen atoms in total. The van der Waals surface area contributed by atoms with E-state index in [2.05, 4.69) is 14.9 Å². The Bertz CT molecular complexity index is 855. The van der Waals surface area contributed by atoms with Crippen LogP contribution in [0.5, 0.6) is 0 Å². The molecule has 1 amide bonds. The van der Waals surface area contributed by atoms with Crippen molar-refractivity contribution in [2.45, 2.75) is 18.8 Å². The van der Waals surface area contributed by atoms with Gasteiger partial charge in [0.25, 0.3) is 0 Å². The van der Waals surface area contributed by atoms with Crippen LogP contribution in [0.3, 0.4) is 0 Å². The lowest BCUT2D eigenvalue weighted by Crippen LogP contribution is -2.47. The van der Waals surface area contributed by atoms with Crippen LogP contribution in [0, 0.1) is 0 Å². The molecule has 0 radical (unpaired) electrons. The van der Waals surface area contributed by atoms with Crippen LogP contribution < -0.4 is 5.73 Å². The molecule has 3 heterocycles. The normalized spacial score (nSPS) is 20.6. The zero-order valence-corrected chi connectivity index (χ0v) is 17.1. The van der Waals surface area contributed by atoms with Crippen LogP contribution in [0.2, 0.25) is 5.02 Å². The summed E-state index contributed by atoms with van der Waals surface area (Å²) in [4.78, 5) is 25.8. The van der Waals surface area contributed by atoms with Gasteiger partial charge < -0.3 is 15.4 Å². The lowest BCUT2D eigenvalue weighted by Gasteiger charge is -2.35. The summed E-state index contributed by atoms with van der Waals surface area (Å²) in [5.74, 6) is 0.564. The number of carbonyl (C=O) groups excluding carboxylic acids is 1. The van der Waals surface area contributed by atoms with Crippen LogP contribution in [0.4, 0.5) is 5.95 Å². The standard InChI is InChI=1S/C21H26ClN5O2/c22-17-5-3-15(4-6-17)18-12-24-21(23)25-20(18)16-2-1-7-27(13-16)19(28)14-26-8-10-29-11-9-26/h3-6,12,16H,1-2,7-11,13-14H2,(H2,23,24,25)/t16-/m0/s1. The Balaban J connectivity index is 1.52. The van der Waals surface area contributed by atoms with Crippen molar-refractivity contribution in [1.82, 2.24) is 19.8 Å². The number of piperidine rings is 1. The number of anilines is 1. The summed E-state index contributed by atoms with van der Waals surface area (Å²) in [6.07, 6.45) is 3.69. The van der Waals surface area contributed by atoms with E-state index >= 15 is 0 Å². The van der Waals surface area contributed by atoms with Crippen LogP contribution >= 0.6 is 11.6 Å². The molecule has 2 fully saturated rings. The van der Waals surface area contributed by atoms with Gasteiger partial charge in [0.15, 0.2) is 0 Å². The Morgan fingerprint density at radius 2 is 1.97 bits per heavy atom. The molecule has 0 unspecified atom stereocenters. The van der Waals surface area contributed by atoms with Gasteiger partial charge in [0, 0.05) is 48.9 Å². The van der Waals surface area contributed by atoms with Gasteiger partial charge in [-0.05, 0) is 30.5 Å². The highest BCUT2D eigenvalue weighted by Crippen LogP contribution is 2.33. The fourth-order valence-electron chi connectivity index (χ4n) is 4.05. The van der Waals surface area contributed by atoms with Crippen molar-refractivity contribution in [1.29, 1.82) is 0 Å². The minimum Gasteiger partial charge on any atom is -0.379 e. The second-order valence-electron chi connectivity index (χ2n) is 7.60. The number of nitrogens with two attached hydrogens (primary N) is 1. The van der Waals surface area contributed by atoms with E-state index in [1.807, 2.05) is 29.2 Å². The van der Waals surface area contributed by atoms with Crippen molar-refractivity contribution in [3.8, 4) is 11.1 Å². The number of halogens is 1. The summed E-state index contributed by atoms with van der Waals surface area (Å²) < 4.78 is 5.37. The first kappa shape index (κ1) is 20.1. The summed E-state index contributed by atoms with van der Waals surface area (Å²) >= 11 is 6.04. The third-order valence-corrected chi connectivity index (χ3v) is 5.87. The molecule has 2 aliphatic rings. The van der Waals surface area contributed by atoms with Gasteiger partial charge in [0.05, 0.1) is 25.5 Å². The molecule has 1 atom stereocenters. The number of hydrogen-bond donors (Lipinski definition) is 1. The maximum absolute atomic E-state index is 12.9. The van der Waals surface area contributed by atoms with Crippen molar-refractivity contribution < 1.29 is 9.53 Å². The zero-order valence-electron chi connectivity index (χ0n) is 16.4. The number of carbonyl (C=O) groups is 1. The van der Waals surface area contributed by atoms with Crippen LogP contribution in [0.25, 0.3) is 11.1 Å². The van der Waals surface area contributed by atoms with Crippen molar-refractivity contribution in [2.24, 2.45) is 0 Å². The molecule has 0 spiro atoms. The highest BCUT2D eigenvalue weighted by atomic mass is 35.5. The summed E-state index contributed by atoms with van der Waals surface area (Å²) in [6.45, 7) is 4.91. The lowest BCUT2D eigenvalue weighted by molar-refractivity contribution is -0.134. The Morgan fingerprint density at radius 3 is 2.72 bits per heavy atom. The molecule has 2 saturated heterocycles. The molecule has 0 saturated carbocycles. The van der Waals surface area contributed by atoms with Crippen LogP contribution in [-0.4, -0.2) is 71.6 Å². The van der Waals surface area contributed by atoms with Crippen LogP contribution in [0.15, 0.2) is 30.5 Å². The SMILES string of the molecule is Nc1ncc(-c2ccc(Cl)cc2)c([C@H]2CCCN(C(=O)CN3CCOCC3)C2)n1. The van der Waals surface area contributed by atoms with Crippen molar-refractivity contribution in [2.75, 3.05) is 51.7 Å². The average molecular weight is 416 g/mol. The first-order valence-corrected chi connectivity index (χ1v) is 10.4. The third kappa shape index (κ3) is 4.86. The smallest absolute Gasteiger partial charge is 0.236 e. The van der Waals surface area contributed by atoms with E-state index in [0.717, 1.165) is 49.3 Å². The minimum absolute atomic E-state index is 0.133. The highest BCUT2D eigenvalue weighted by Gasteiger charge is 2.29. The van der Waals surface area contributed by atoms with Crippen molar-refractivity contribution in [3.05, 3.63) is 41.2 Å². The van der Waals surface area contributed by atoms with Gasteiger partial charge in [-0.25, -0.2) is 9.97 Å². The molecule has 154 valence electrons. The molecule has 2 aliphatic heterocycles. The number of ether oxygens (including phenoxy) is 1. The van der Waals surface area contributed by atoms with Crippen LogP contribution in [-0.2, 0) is 9.53 Å². The van der Waals surface area contributed by atoms with Crippen molar-refractivity contribution >= 4 is 23.5 Å². The summed E-state index contributed by atoms with van der Waals surface area (Å²) in [5, 5.41) is 0.684. The van der Waals surface area contributed by atoms with E-state index in [4.69, 9.17) is 22.1 Å². The second-order valence-corrected chi connectivity index (χ2v) is 8.04. The summed E-state index contributed by atoms with van der Waals surface area (Å²) in [5.41, 5.74) is 8.77. The number of benzene rings is 1. The predicted octanol–water partition coefficient (Wildman–Crippen LogP) is 2.42. The van der Waals surface area contributed by atoms with Gasteiger partial charge in [0.1, 0.15) is 0 Å². The largest absolute Gasteiger partial charge is 0.379 e. The molecule has 29 heavy (non-hydrogen) atoms. The molecular weight excluding hydrogens is 390 g/mol. The first-order valence-electron chi connectivity index (χ1n) is 10.1. The molecule has 2 aromatic rings. The van der Waals surface area contributed by atoms with Crippen LogP contribution in [0.1, 0.15) is 24.5 Å². The molecular formula is C21H26ClN5O2. The van der Waals surface area contributed by atoms with E-state index in [-0.39, 0.29) is 17.8 Å². The fourth-order valence-corrected chi connectivity index (χ4v) is 4.18. The van der Waals surface area contributed by atoms with E-state index < -0.39 is 0 Å². The Labute approximate surface area is 175 Å². The molecule has 2 N–H and O–H groups in total. The lowest BCUT2D eigenvalue weighted by atomic mass is 9.90. The van der Waals surface area contributed by atoms with E-state index in [1.54, 1.807) is 6.20 Å². The number of rotatable bonds is 4. The number of morpholine rings is 1. The maximum atomic E-state index is 12.9. The third-order valence-electron chi connectivity index (χ3n) is 5.62. The van der Waals surface area contributed by atoms with Gasteiger partial charge in [-0.2, -0.15) is 0 Å². The van der Waals surface area contributed by atoms with Gasteiger partial charge in [-0.15, -0.1) is 0 Å². The quantitative estimate of drug-likeness (QED) is 0.825. The molecule has 8 heteroatoms. The molecule has 1 aromatic heterocycles. The minimum atomic E-state index is 0.133. The molecule has 0 bridgehead atoms. The number of amides is 1. The zero-order chi connectivity index (χ0) is 20.2. The molecule has 0 aliphatic carbocycles. The van der Waals surface area contributed by atoms with Gasteiger partial charge in [0.2, 0.25) is 11.9 Å². The fraction of sp³-hybridized carbons (Fsp3) is 0.476. The predicted molar refractivity (Wildman–Crippen MR) is 113 cm³/mol. The number of nitrogens with zero attached hydrogens (tertiary/aromatic N) is 4. The van der Waals surface area contributed by atoms with E-state index in [9.17, 15) is 4.79 Å². The number of nitrogen functional groups attached to an aromatic ring is 1. The Morgan fingerprint density at radius 1 is 1.21 bits per heavy atom. The van der Waals surface area contributed by atoms with Gasteiger partial charge >= 0.3 is 0 Å². The van der Waals surface area contributed by atoms with Crippen molar-refractivity contribution in [3.63, 3.8) is 0 Å². The first-order chi connectivity index (χ1) is 14.1. The maximum Gasteiger partial charge on any atom is 0.236 e. The van der Waals surface area contributed by atoms with Gasteiger partial charge in [-0.1, -0.05) is 23.7 Å². The van der Waals surface area contributed by atoms with E-state index in [0.29, 0.717) is 31.3 Å². The van der Waals surface area contributed by atoms with E-state index in [1.165, 1.54) is 0 Å². The molecule has 4 rings (SSSR count). The van der Waals surface area contributed by atoms with Gasteiger partial charge in [-0.3, -0.25) is 9.69 Å².